The zero-order valence-corrected chi connectivity index (χ0v) is 18.1. The van der Waals surface area contributed by atoms with E-state index in [4.69, 9.17) is 9.72 Å². The van der Waals surface area contributed by atoms with Gasteiger partial charge in [0.25, 0.3) is 0 Å². The highest BCUT2D eigenvalue weighted by Gasteiger charge is 2.13. The van der Waals surface area contributed by atoms with Crippen molar-refractivity contribution >= 4 is 28.3 Å². The van der Waals surface area contributed by atoms with Gasteiger partial charge in [0.1, 0.15) is 5.75 Å². The summed E-state index contributed by atoms with van der Waals surface area (Å²) in [5.74, 6) is -0.259. The number of carbonyl (C=O) groups is 1. The number of aromatic nitrogens is 3. The molecule has 166 valence electrons. The number of nitrogens with one attached hydrogen (secondary N) is 1. The first-order chi connectivity index (χ1) is 16.2. The number of hydrogen-bond donors (Lipinski definition) is 2. The quantitative estimate of drug-likeness (QED) is 0.415. The number of carboxylic acids is 1. The maximum absolute atomic E-state index is 11.4. The number of anilines is 1. The monoisotopic (exact) mass is 440 g/mol. The summed E-state index contributed by atoms with van der Waals surface area (Å²) in [4.78, 5) is 20.5. The lowest BCUT2D eigenvalue weighted by atomic mass is 10.1. The minimum atomic E-state index is -1.02. The van der Waals surface area contributed by atoms with Crippen LogP contribution in [0.2, 0.25) is 0 Å². The van der Waals surface area contributed by atoms with Gasteiger partial charge in [0, 0.05) is 42.5 Å². The van der Waals surface area contributed by atoms with E-state index in [0.717, 1.165) is 59.5 Å². The number of hydrogen-bond acceptors (Lipinski definition) is 5. The molecule has 3 aromatic heterocycles. The molecule has 0 radical (unpaired) electrons. The summed E-state index contributed by atoms with van der Waals surface area (Å²) in [6.07, 6.45) is 7.54. The lowest BCUT2D eigenvalue weighted by Crippen LogP contribution is -2.14. The number of benzene rings is 1. The van der Waals surface area contributed by atoms with Crippen molar-refractivity contribution < 1.29 is 14.6 Å². The van der Waals surface area contributed by atoms with Crippen LogP contribution in [0.3, 0.4) is 0 Å². The molecule has 0 saturated carbocycles. The van der Waals surface area contributed by atoms with E-state index < -0.39 is 5.97 Å². The topological polar surface area (TPSA) is 89.3 Å². The Kier molecular flexibility index (Phi) is 5.76. The van der Waals surface area contributed by atoms with E-state index in [-0.39, 0.29) is 0 Å². The van der Waals surface area contributed by atoms with Gasteiger partial charge in [-0.15, -0.1) is 0 Å². The molecule has 4 heterocycles. The predicted octanol–water partition coefficient (Wildman–Crippen LogP) is 4.38. The second-order valence-corrected chi connectivity index (χ2v) is 7.91. The van der Waals surface area contributed by atoms with Crippen LogP contribution in [-0.2, 0) is 17.6 Å². The van der Waals surface area contributed by atoms with E-state index in [1.807, 2.05) is 41.1 Å². The van der Waals surface area contributed by atoms with Crippen molar-refractivity contribution in [2.75, 3.05) is 18.5 Å². The highest BCUT2D eigenvalue weighted by atomic mass is 16.5. The Morgan fingerprint density at radius 2 is 2.12 bits per heavy atom. The molecule has 0 fully saturated rings. The van der Waals surface area contributed by atoms with Gasteiger partial charge >= 0.3 is 5.97 Å². The maximum atomic E-state index is 11.4. The Bertz CT molecular complexity index is 1330. The maximum Gasteiger partial charge on any atom is 0.330 e. The van der Waals surface area contributed by atoms with Gasteiger partial charge in [0.15, 0.2) is 0 Å². The van der Waals surface area contributed by atoms with Crippen molar-refractivity contribution in [3.63, 3.8) is 0 Å². The summed E-state index contributed by atoms with van der Waals surface area (Å²) in [5, 5.41) is 13.7. The highest BCUT2D eigenvalue weighted by molar-refractivity contribution is 5.93. The van der Waals surface area contributed by atoms with Crippen LogP contribution in [0.25, 0.3) is 16.6 Å². The van der Waals surface area contributed by atoms with E-state index >= 15 is 0 Å². The number of carboxylic acid groups (broad SMARTS) is 1. The molecule has 4 aromatic rings. The molecule has 1 aromatic carbocycles. The van der Waals surface area contributed by atoms with Gasteiger partial charge in [0.2, 0.25) is 0 Å². The van der Waals surface area contributed by atoms with Crippen LogP contribution < -0.4 is 10.1 Å². The molecule has 33 heavy (non-hydrogen) atoms. The van der Waals surface area contributed by atoms with Crippen molar-refractivity contribution in [1.29, 1.82) is 0 Å². The molecule has 2 N–H and O–H groups in total. The van der Waals surface area contributed by atoms with Crippen molar-refractivity contribution in [3.8, 4) is 5.75 Å². The molecule has 0 amide bonds. The number of aliphatic carboxylic acids is 1. The smallest absolute Gasteiger partial charge is 0.330 e. The third kappa shape index (κ3) is 4.57. The normalized spacial score (nSPS) is 13.4. The second kappa shape index (κ2) is 9.16. The van der Waals surface area contributed by atoms with Gasteiger partial charge < -0.3 is 19.7 Å². The van der Waals surface area contributed by atoms with E-state index in [1.54, 1.807) is 18.3 Å². The molecule has 0 spiro atoms. The first-order valence-electron chi connectivity index (χ1n) is 11.0. The molecule has 0 bridgehead atoms. The Hall–Kier alpha value is -4.13. The zero-order valence-electron chi connectivity index (χ0n) is 18.1. The van der Waals surface area contributed by atoms with Crippen molar-refractivity contribution in [2.24, 2.45) is 0 Å². The van der Waals surface area contributed by atoms with E-state index in [0.29, 0.717) is 18.0 Å². The summed E-state index contributed by atoms with van der Waals surface area (Å²) >= 11 is 0. The van der Waals surface area contributed by atoms with Crippen LogP contribution in [0.4, 0.5) is 5.69 Å². The fraction of sp³-hybridized carbons (Fsp3) is 0.192. The van der Waals surface area contributed by atoms with Gasteiger partial charge in [-0.25, -0.2) is 4.79 Å². The molecule has 0 saturated heterocycles. The SMILES string of the molecule is O=C(O)C=C(c1ccccn1)n1ccc2cc(OCCc3ccc4c(n3)CCCN4)ccc21. The molecule has 7 heteroatoms. The molecule has 0 atom stereocenters. The average Bonchev–Trinajstić information content (AvgIpc) is 3.26. The van der Waals surface area contributed by atoms with Crippen LogP contribution in [0.15, 0.2) is 73.1 Å². The predicted molar refractivity (Wildman–Crippen MR) is 127 cm³/mol. The Morgan fingerprint density at radius 3 is 2.97 bits per heavy atom. The van der Waals surface area contributed by atoms with Gasteiger partial charge in [-0.05, 0) is 61.4 Å². The number of rotatable bonds is 7. The Morgan fingerprint density at radius 1 is 1.18 bits per heavy atom. The van der Waals surface area contributed by atoms with E-state index in [9.17, 15) is 9.90 Å². The summed E-state index contributed by atoms with van der Waals surface area (Å²) in [7, 11) is 0. The van der Waals surface area contributed by atoms with Crippen LogP contribution in [-0.4, -0.2) is 38.8 Å². The third-order valence-electron chi connectivity index (χ3n) is 5.67. The number of fused-ring (bicyclic) bond motifs is 2. The third-order valence-corrected chi connectivity index (χ3v) is 5.67. The zero-order chi connectivity index (χ0) is 22.6. The fourth-order valence-electron chi connectivity index (χ4n) is 4.11. The molecule has 0 aliphatic carbocycles. The Balaban J connectivity index is 1.32. The minimum absolute atomic E-state index is 0.500. The summed E-state index contributed by atoms with van der Waals surface area (Å²) in [6, 6.07) is 17.3. The summed E-state index contributed by atoms with van der Waals surface area (Å²) < 4.78 is 7.83. The number of aryl methyl sites for hydroxylation is 1. The minimum Gasteiger partial charge on any atom is -0.493 e. The van der Waals surface area contributed by atoms with E-state index in [2.05, 4.69) is 22.4 Å². The standard InChI is InChI=1S/C26H24N4O3/c31-26(32)17-25(23-4-1-2-12-28-23)30-14-10-18-16-20(7-9-24(18)30)33-15-11-19-6-8-21-22(29-19)5-3-13-27-21/h1-2,4,6-10,12,14,16-17,27H,3,5,11,13,15H2,(H,31,32). The molecule has 0 unspecified atom stereocenters. The number of ether oxygens (including phenoxy) is 1. The van der Waals surface area contributed by atoms with Crippen LogP contribution in [0.5, 0.6) is 5.75 Å². The van der Waals surface area contributed by atoms with Crippen LogP contribution >= 0.6 is 0 Å². The molecule has 1 aliphatic heterocycles. The first kappa shape index (κ1) is 20.8. The van der Waals surface area contributed by atoms with Crippen molar-refractivity contribution in [3.05, 3.63) is 90.1 Å². The van der Waals surface area contributed by atoms with Crippen molar-refractivity contribution in [1.82, 2.24) is 14.5 Å². The number of pyridine rings is 2. The summed E-state index contributed by atoms with van der Waals surface area (Å²) in [6.45, 7) is 1.54. The lowest BCUT2D eigenvalue weighted by Gasteiger charge is -2.17. The average molecular weight is 441 g/mol. The molecule has 1 aliphatic rings. The largest absolute Gasteiger partial charge is 0.493 e. The molecular weight excluding hydrogens is 416 g/mol. The Labute approximate surface area is 191 Å². The van der Waals surface area contributed by atoms with Gasteiger partial charge in [-0.2, -0.15) is 0 Å². The van der Waals surface area contributed by atoms with Gasteiger partial charge in [-0.1, -0.05) is 6.07 Å². The van der Waals surface area contributed by atoms with Crippen LogP contribution in [0.1, 0.15) is 23.5 Å². The number of nitrogens with zero attached hydrogens (tertiary/aromatic N) is 3. The van der Waals surface area contributed by atoms with E-state index in [1.165, 1.54) is 6.08 Å². The molecular formula is C26H24N4O3. The van der Waals surface area contributed by atoms with Gasteiger partial charge in [0.05, 0.1) is 34.9 Å². The van der Waals surface area contributed by atoms with Crippen LogP contribution in [0, 0.1) is 0 Å². The second-order valence-electron chi connectivity index (χ2n) is 7.91. The molecule has 7 nitrogen and oxygen atoms in total. The highest BCUT2D eigenvalue weighted by Crippen LogP contribution is 2.27. The first-order valence-corrected chi connectivity index (χ1v) is 11.0. The van der Waals surface area contributed by atoms with Crippen molar-refractivity contribution in [2.45, 2.75) is 19.3 Å². The summed E-state index contributed by atoms with van der Waals surface area (Å²) in [5.41, 5.74) is 5.28. The molecule has 5 rings (SSSR count). The fourth-order valence-corrected chi connectivity index (χ4v) is 4.11. The lowest BCUT2D eigenvalue weighted by molar-refractivity contribution is -0.131. The van der Waals surface area contributed by atoms with Gasteiger partial charge in [-0.3, -0.25) is 9.97 Å².